The van der Waals surface area contributed by atoms with Crippen molar-refractivity contribution in [2.45, 2.75) is 57.5 Å². The Hall–Kier alpha value is -2.45. The number of methoxy groups -OCH3 is 1. The first-order valence-corrected chi connectivity index (χ1v) is 11.0. The van der Waals surface area contributed by atoms with Gasteiger partial charge in [-0.05, 0) is 6.92 Å². The van der Waals surface area contributed by atoms with Crippen molar-refractivity contribution in [3.63, 3.8) is 0 Å². The summed E-state index contributed by atoms with van der Waals surface area (Å²) in [5, 5.41) is -0.439. The molecule has 0 spiro atoms. The Morgan fingerprint density at radius 2 is 1.74 bits per heavy atom. The molecule has 1 fully saturated rings. The highest BCUT2D eigenvalue weighted by molar-refractivity contribution is 8.00. The van der Waals surface area contributed by atoms with Crippen LogP contribution in [0.4, 0.5) is 0 Å². The number of nitrogens with zero attached hydrogens (tertiary/aromatic N) is 1. The number of hydrogen-bond acceptors (Lipinski definition) is 7. The van der Waals surface area contributed by atoms with Crippen molar-refractivity contribution in [2.24, 2.45) is 5.41 Å². The van der Waals surface area contributed by atoms with E-state index in [4.69, 9.17) is 9.47 Å². The van der Waals surface area contributed by atoms with Crippen molar-refractivity contribution in [1.82, 2.24) is 4.90 Å². The predicted molar refractivity (Wildman–Crippen MR) is 116 cm³/mol. The summed E-state index contributed by atoms with van der Waals surface area (Å²) in [7, 11) is 1.44. The van der Waals surface area contributed by atoms with Crippen molar-refractivity contribution in [3.8, 4) is 0 Å². The zero-order valence-electron chi connectivity index (χ0n) is 18.3. The first-order valence-electron chi connectivity index (χ1n) is 10.1. The highest BCUT2D eigenvalue weighted by atomic mass is 32.2. The topological polar surface area (TPSA) is 90.0 Å². The van der Waals surface area contributed by atoms with Crippen LogP contribution < -0.4 is 0 Å². The van der Waals surface area contributed by atoms with E-state index >= 15 is 0 Å². The van der Waals surface area contributed by atoms with Gasteiger partial charge in [-0.3, -0.25) is 24.1 Å². The molecule has 0 N–H and O–H groups in total. The number of ketones is 2. The number of benzene rings is 1. The number of rotatable bonds is 7. The first kappa shape index (κ1) is 23.2. The zero-order chi connectivity index (χ0) is 22.9. The molecular weight excluding hydrogens is 418 g/mol. The molecule has 1 unspecified atom stereocenters. The van der Waals surface area contributed by atoms with Gasteiger partial charge in [0.05, 0.1) is 12.1 Å². The molecule has 8 heteroatoms. The van der Waals surface area contributed by atoms with Gasteiger partial charge in [0.1, 0.15) is 5.37 Å². The monoisotopic (exact) mass is 445 g/mol. The molecule has 0 aliphatic carbocycles. The van der Waals surface area contributed by atoms with Crippen LogP contribution in [0.15, 0.2) is 41.6 Å². The molecule has 2 heterocycles. The fourth-order valence-corrected chi connectivity index (χ4v) is 4.91. The Labute approximate surface area is 186 Å². The number of ether oxygens (including phenoxy) is 2. The second-order valence-electron chi connectivity index (χ2n) is 8.61. The number of amides is 1. The molecule has 3 atom stereocenters. The third kappa shape index (κ3) is 4.60. The SMILES string of the molecule is CO[C@H]1C(=O)N2C(C(=O)C(C)(C)C)=C(C)C(OC(=O)CCC(=O)c3ccccc3)S[C@@H]12. The summed E-state index contributed by atoms with van der Waals surface area (Å²) in [5.41, 5.74) is -0.103. The van der Waals surface area contributed by atoms with Gasteiger partial charge >= 0.3 is 5.97 Å². The molecule has 1 aromatic carbocycles. The fourth-order valence-electron chi connectivity index (χ4n) is 3.48. The van der Waals surface area contributed by atoms with E-state index in [1.165, 1.54) is 23.8 Å². The second-order valence-corrected chi connectivity index (χ2v) is 9.80. The second kappa shape index (κ2) is 8.96. The number of carbonyl (C=O) groups excluding carboxylic acids is 4. The van der Waals surface area contributed by atoms with Crippen LogP contribution in [0.25, 0.3) is 0 Å². The van der Waals surface area contributed by atoms with Gasteiger partial charge in [0.25, 0.3) is 5.91 Å². The molecule has 31 heavy (non-hydrogen) atoms. The zero-order valence-corrected chi connectivity index (χ0v) is 19.2. The number of thioether (sulfide) groups is 1. The van der Waals surface area contributed by atoms with E-state index in [1.807, 2.05) is 6.07 Å². The van der Waals surface area contributed by atoms with E-state index in [0.717, 1.165) is 0 Å². The number of hydrogen-bond donors (Lipinski definition) is 0. The molecule has 1 aromatic rings. The van der Waals surface area contributed by atoms with Gasteiger partial charge < -0.3 is 9.47 Å². The van der Waals surface area contributed by atoms with Crippen molar-refractivity contribution >= 4 is 35.2 Å². The number of allylic oxidation sites excluding steroid dienone is 1. The van der Waals surface area contributed by atoms with Crippen LogP contribution in [-0.2, 0) is 23.9 Å². The minimum Gasteiger partial charge on any atom is -0.446 e. The van der Waals surface area contributed by atoms with Crippen molar-refractivity contribution < 1.29 is 28.7 Å². The third-order valence-corrected chi connectivity index (χ3v) is 6.70. The van der Waals surface area contributed by atoms with E-state index < -0.39 is 28.3 Å². The highest BCUT2D eigenvalue weighted by Crippen LogP contribution is 2.47. The summed E-state index contributed by atoms with van der Waals surface area (Å²) in [4.78, 5) is 51.8. The van der Waals surface area contributed by atoms with Crippen molar-refractivity contribution in [1.29, 1.82) is 0 Å². The number of fused-ring (bicyclic) bond motifs is 1. The summed E-state index contributed by atoms with van der Waals surface area (Å²) in [6.45, 7) is 7.03. The van der Waals surface area contributed by atoms with Gasteiger partial charge in [-0.15, -0.1) is 0 Å². The first-order chi connectivity index (χ1) is 14.6. The minimum absolute atomic E-state index is 0.0332. The van der Waals surface area contributed by atoms with Gasteiger partial charge in [-0.25, -0.2) is 0 Å². The van der Waals surface area contributed by atoms with Crippen LogP contribution in [0.5, 0.6) is 0 Å². The lowest BCUT2D eigenvalue weighted by molar-refractivity contribution is -0.161. The van der Waals surface area contributed by atoms with E-state index in [1.54, 1.807) is 52.0 Å². The van der Waals surface area contributed by atoms with Crippen LogP contribution in [0, 0.1) is 5.41 Å². The number of β-lactam (4-membered cyclic amide) rings is 1. The molecule has 2 aliphatic rings. The Morgan fingerprint density at radius 3 is 2.32 bits per heavy atom. The van der Waals surface area contributed by atoms with Crippen molar-refractivity contribution in [2.75, 3.05) is 7.11 Å². The maximum Gasteiger partial charge on any atom is 0.307 e. The van der Waals surface area contributed by atoms with Crippen LogP contribution in [0.1, 0.15) is 50.9 Å². The molecular formula is C23H27NO6S. The number of carbonyl (C=O) groups is 4. The predicted octanol–water partition coefficient (Wildman–Crippen LogP) is 3.34. The van der Waals surface area contributed by atoms with Gasteiger partial charge in [0.15, 0.2) is 23.1 Å². The Kier molecular flexibility index (Phi) is 6.71. The number of esters is 1. The third-order valence-electron chi connectivity index (χ3n) is 5.27. The summed E-state index contributed by atoms with van der Waals surface area (Å²) >= 11 is 1.26. The van der Waals surface area contributed by atoms with Gasteiger partial charge in [0.2, 0.25) is 0 Å². The lowest BCUT2D eigenvalue weighted by Crippen LogP contribution is -2.66. The van der Waals surface area contributed by atoms with E-state index in [-0.39, 0.29) is 36.0 Å². The summed E-state index contributed by atoms with van der Waals surface area (Å²) in [6, 6.07) is 8.76. The van der Waals surface area contributed by atoms with Crippen LogP contribution in [-0.4, -0.2) is 52.4 Å². The van der Waals surface area contributed by atoms with Gasteiger partial charge in [-0.2, -0.15) is 0 Å². The average Bonchev–Trinajstić information content (AvgIpc) is 2.73. The van der Waals surface area contributed by atoms with Crippen molar-refractivity contribution in [3.05, 3.63) is 47.2 Å². The highest BCUT2D eigenvalue weighted by Gasteiger charge is 2.56. The average molecular weight is 446 g/mol. The number of Topliss-reactive ketones (excluding diaryl/α,β-unsaturated/α-hetero) is 2. The van der Waals surface area contributed by atoms with E-state index in [9.17, 15) is 19.2 Å². The molecule has 3 rings (SSSR count). The minimum atomic E-state index is -0.729. The molecule has 2 aliphatic heterocycles. The quantitative estimate of drug-likeness (QED) is 0.361. The maximum absolute atomic E-state index is 13.1. The fraction of sp³-hybridized carbons (Fsp3) is 0.478. The van der Waals surface area contributed by atoms with Gasteiger partial charge in [0, 0.05) is 30.1 Å². The van der Waals surface area contributed by atoms with Crippen LogP contribution >= 0.6 is 11.8 Å². The smallest absolute Gasteiger partial charge is 0.307 e. The van der Waals surface area contributed by atoms with Crippen LogP contribution in [0.3, 0.4) is 0 Å². The molecule has 1 amide bonds. The Balaban J connectivity index is 1.75. The lowest BCUT2D eigenvalue weighted by Gasteiger charge is -2.51. The summed E-state index contributed by atoms with van der Waals surface area (Å²) in [5.74, 6) is -1.14. The molecule has 0 saturated carbocycles. The van der Waals surface area contributed by atoms with Crippen LogP contribution in [0.2, 0.25) is 0 Å². The summed E-state index contributed by atoms with van der Waals surface area (Å²) in [6.07, 6.45) is -0.727. The molecule has 7 nitrogen and oxygen atoms in total. The molecule has 166 valence electrons. The molecule has 0 bridgehead atoms. The lowest BCUT2D eigenvalue weighted by atomic mass is 9.85. The standard InChI is InChI=1S/C23H27NO6S/c1-13-17(19(27)23(2,3)4)24-20(28)18(29-5)21(24)31-22(13)30-16(26)12-11-15(25)14-9-7-6-8-10-14/h6-10,18,21-22H,11-12H2,1-5H3/t18-,21-,22?/m0/s1. The molecule has 0 aromatic heterocycles. The normalized spacial score (nSPS) is 23.2. The maximum atomic E-state index is 13.1. The largest absolute Gasteiger partial charge is 0.446 e. The Bertz CT molecular complexity index is 933. The molecule has 1 saturated heterocycles. The van der Waals surface area contributed by atoms with E-state index in [2.05, 4.69) is 0 Å². The Morgan fingerprint density at radius 1 is 1.10 bits per heavy atom. The van der Waals surface area contributed by atoms with Gasteiger partial charge in [-0.1, -0.05) is 62.9 Å². The molecule has 0 radical (unpaired) electrons. The van der Waals surface area contributed by atoms with E-state index in [0.29, 0.717) is 11.1 Å². The summed E-state index contributed by atoms with van der Waals surface area (Å²) < 4.78 is 10.9.